The number of allylic oxidation sites excluding steroid dienone is 2. The number of benzene rings is 1. The van der Waals surface area contributed by atoms with Gasteiger partial charge in [0.15, 0.2) is 0 Å². The maximum Gasteiger partial charge on any atom is 0.340 e. The Balaban J connectivity index is 0.000000577. The Hall–Kier alpha value is -2.25. The maximum atomic E-state index is 15.1. The van der Waals surface area contributed by atoms with Gasteiger partial charge in [0.2, 0.25) is 0 Å². The van der Waals surface area contributed by atoms with E-state index in [1.807, 2.05) is 33.8 Å². The molecule has 54 heavy (non-hydrogen) atoms. The van der Waals surface area contributed by atoms with Crippen LogP contribution in [-0.4, -0.2) is 44.8 Å². The van der Waals surface area contributed by atoms with Crippen LogP contribution in [0.3, 0.4) is 0 Å². The highest BCUT2D eigenvalue weighted by molar-refractivity contribution is 5.90. The van der Waals surface area contributed by atoms with Gasteiger partial charge < -0.3 is 20.5 Å². The zero-order valence-corrected chi connectivity index (χ0v) is 36.0. The Bertz CT molecular complexity index is 1440. The predicted octanol–water partition coefficient (Wildman–Crippen LogP) is 11.0. The highest BCUT2D eigenvalue weighted by Crippen LogP contribution is 2.73. The number of nitrogens with two attached hydrogens (primary N) is 1. The molecule has 1 aliphatic heterocycles. The number of hydrogen-bond donors (Lipinski definition) is 2. The average Bonchev–Trinajstić information content (AvgIpc) is 3.54. The van der Waals surface area contributed by atoms with E-state index in [2.05, 4.69) is 46.0 Å². The average molecular weight is 753 g/mol. The van der Waals surface area contributed by atoms with Crippen molar-refractivity contribution in [1.82, 2.24) is 5.32 Å². The second-order valence-corrected chi connectivity index (χ2v) is 18.3. The fraction of sp³-hybridized carbons (Fsp3) is 0.787. The maximum absolute atomic E-state index is 15.1. The van der Waals surface area contributed by atoms with Crippen LogP contribution in [0.4, 0.5) is 4.39 Å². The summed E-state index contributed by atoms with van der Waals surface area (Å²) in [6, 6.07) is 4.99. The monoisotopic (exact) mass is 753 g/mol. The molecule has 6 nitrogen and oxygen atoms in total. The van der Waals surface area contributed by atoms with Crippen LogP contribution < -0.4 is 11.1 Å². The third kappa shape index (κ3) is 8.25. The van der Waals surface area contributed by atoms with Crippen LogP contribution in [0.25, 0.3) is 5.57 Å². The summed E-state index contributed by atoms with van der Waals surface area (Å²) in [5, 5.41) is 3.28. The minimum atomic E-state index is -0.642. The molecule has 4 saturated carbocycles. The van der Waals surface area contributed by atoms with Crippen LogP contribution in [0, 0.1) is 63.5 Å². The lowest BCUT2D eigenvalue weighted by molar-refractivity contribution is -0.175. The SMILES string of the molecule is C1CCNCC1.CC.CC.COC(=O)CC(C)[C@@H]1CC[C@]2(N)CCC3[C@H](CCC4[C@@]3(C)CCC3C(C)(C)C(c5ccc(C(=O)OC)c(F)c5)=CC[C@@]34C)C12. The molecule has 1 saturated heterocycles. The molecule has 3 N–H and O–H groups in total. The van der Waals surface area contributed by atoms with Crippen LogP contribution in [-0.2, 0) is 14.3 Å². The summed E-state index contributed by atoms with van der Waals surface area (Å²) in [6.07, 6.45) is 17.5. The summed E-state index contributed by atoms with van der Waals surface area (Å²) in [5.74, 6) is 2.42. The zero-order valence-electron chi connectivity index (χ0n) is 36.0. The van der Waals surface area contributed by atoms with Gasteiger partial charge in [-0.1, -0.05) is 80.9 Å². The quantitative estimate of drug-likeness (QED) is 0.291. The van der Waals surface area contributed by atoms with Crippen molar-refractivity contribution in [2.45, 2.75) is 151 Å². The van der Waals surface area contributed by atoms with Crippen LogP contribution >= 0.6 is 0 Å². The van der Waals surface area contributed by atoms with E-state index in [1.165, 1.54) is 90.3 Å². The van der Waals surface area contributed by atoms with Gasteiger partial charge in [-0.2, -0.15) is 0 Å². The van der Waals surface area contributed by atoms with Gasteiger partial charge in [-0.25, -0.2) is 9.18 Å². The highest BCUT2D eigenvalue weighted by Gasteiger charge is 2.66. The lowest BCUT2D eigenvalue weighted by atomic mass is 9.36. The first kappa shape index (κ1) is 44.5. The number of rotatable bonds is 5. The summed E-state index contributed by atoms with van der Waals surface area (Å²) >= 11 is 0. The van der Waals surface area contributed by atoms with E-state index in [-0.39, 0.29) is 33.3 Å². The fourth-order valence-electron chi connectivity index (χ4n) is 13.4. The number of carbonyl (C=O) groups excluding carboxylic acids is 2. The van der Waals surface area contributed by atoms with Gasteiger partial charge in [0.25, 0.3) is 0 Å². The molecule has 7 rings (SSSR count). The van der Waals surface area contributed by atoms with E-state index in [4.69, 9.17) is 15.2 Å². The van der Waals surface area contributed by atoms with Gasteiger partial charge in [-0.05, 0) is 165 Å². The highest BCUT2D eigenvalue weighted by atomic mass is 19.1. The lowest BCUT2D eigenvalue weighted by Crippen LogP contribution is -2.63. The Morgan fingerprint density at radius 1 is 0.870 bits per heavy atom. The summed E-state index contributed by atoms with van der Waals surface area (Å²) in [7, 11) is 2.78. The van der Waals surface area contributed by atoms with E-state index >= 15 is 4.39 Å². The third-order valence-corrected chi connectivity index (χ3v) is 15.6. The Morgan fingerprint density at radius 2 is 1.54 bits per heavy atom. The molecule has 0 amide bonds. The van der Waals surface area contributed by atoms with Crippen molar-refractivity contribution in [3.05, 3.63) is 41.2 Å². The standard InChI is InChI=1S/C38H54FNO4.C5H11N.2C2H6/c1-22(20-32(41)43-6)24-12-18-38(40)19-14-28-25(33(24)38)10-11-31-36(28,4)17-15-30-35(2,3)27(13-16-37(30,31)5)23-8-9-26(29(39)21-23)34(42)44-7;1-2-4-6-5-3-1;2*1-2/h8-9,13,21-22,24-25,28,30-31,33H,10-12,14-20,40H2,1-7H3;6H,1-5H2;2*1-2H3/t22?,24-,25-,28?,30?,31?,33?,36-,37-,38-;;;/m0.../s1. The molecular weight excluding hydrogens is 676 g/mol. The van der Waals surface area contributed by atoms with Gasteiger partial charge in [0, 0.05) is 12.0 Å². The summed E-state index contributed by atoms with van der Waals surface area (Å²) in [6.45, 7) is 22.6. The Kier molecular flexibility index (Phi) is 15.1. The Labute approximate surface area is 328 Å². The van der Waals surface area contributed by atoms with Crippen molar-refractivity contribution < 1.29 is 23.5 Å². The normalized spacial score (nSPS) is 36.5. The van der Waals surface area contributed by atoms with Crippen LogP contribution in [0.2, 0.25) is 0 Å². The van der Waals surface area contributed by atoms with E-state index in [0.717, 1.165) is 31.2 Å². The number of halogens is 1. The second kappa shape index (κ2) is 18.3. The second-order valence-electron chi connectivity index (χ2n) is 18.3. The fourth-order valence-corrected chi connectivity index (χ4v) is 13.4. The van der Waals surface area contributed by atoms with Crippen molar-refractivity contribution in [3.63, 3.8) is 0 Å². The molecule has 306 valence electrons. The number of esters is 2. The van der Waals surface area contributed by atoms with Crippen LogP contribution in [0.5, 0.6) is 0 Å². The first-order valence-corrected chi connectivity index (χ1v) is 21.9. The molecule has 1 heterocycles. The number of fused-ring (bicyclic) bond motifs is 7. The topological polar surface area (TPSA) is 90.6 Å². The largest absolute Gasteiger partial charge is 0.469 e. The molecule has 0 spiro atoms. The minimum absolute atomic E-state index is 0.0151. The number of nitrogens with one attached hydrogen (secondary N) is 1. The minimum Gasteiger partial charge on any atom is -0.469 e. The molecule has 0 bridgehead atoms. The smallest absolute Gasteiger partial charge is 0.340 e. The number of ether oxygens (including phenoxy) is 2. The lowest BCUT2D eigenvalue weighted by Gasteiger charge is -2.68. The first-order chi connectivity index (χ1) is 25.7. The number of piperidine rings is 1. The van der Waals surface area contributed by atoms with Gasteiger partial charge >= 0.3 is 11.9 Å². The van der Waals surface area contributed by atoms with Gasteiger partial charge in [-0.15, -0.1) is 0 Å². The molecular formula is C47H77FN2O4. The number of hydrogen-bond acceptors (Lipinski definition) is 6. The molecule has 1 aromatic carbocycles. The molecule has 6 aliphatic rings. The summed E-state index contributed by atoms with van der Waals surface area (Å²) in [5.41, 5.74) is 9.56. The number of methoxy groups -OCH3 is 2. The molecule has 5 fully saturated rings. The summed E-state index contributed by atoms with van der Waals surface area (Å²) < 4.78 is 24.9. The molecule has 1 aromatic rings. The molecule has 10 atom stereocenters. The molecule has 0 aromatic heterocycles. The third-order valence-electron chi connectivity index (χ3n) is 15.6. The van der Waals surface area contributed by atoms with E-state index in [1.54, 1.807) is 6.07 Å². The van der Waals surface area contributed by atoms with Gasteiger partial charge in [-0.3, -0.25) is 4.79 Å². The van der Waals surface area contributed by atoms with Crippen molar-refractivity contribution in [2.75, 3.05) is 27.3 Å². The van der Waals surface area contributed by atoms with E-state index < -0.39 is 11.8 Å². The van der Waals surface area contributed by atoms with Crippen LogP contribution in [0.15, 0.2) is 24.3 Å². The summed E-state index contributed by atoms with van der Waals surface area (Å²) in [4.78, 5) is 24.3. The molecule has 5 aliphatic carbocycles. The molecule has 7 heteroatoms. The van der Waals surface area contributed by atoms with Gasteiger partial charge in [0.05, 0.1) is 19.8 Å². The van der Waals surface area contributed by atoms with Crippen LogP contribution in [0.1, 0.15) is 162 Å². The van der Waals surface area contributed by atoms with Crippen molar-refractivity contribution in [2.24, 2.45) is 63.4 Å². The van der Waals surface area contributed by atoms with Crippen molar-refractivity contribution in [3.8, 4) is 0 Å². The Morgan fingerprint density at radius 3 is 2.11 bits per heavy atom. The zero-order chi connectivity index (χ0) is 40.1. The van der Waals surface area contributed by atoms with E-state index in [0.29, 0.717) is 47.8 Å². The van der Waals surface area contributed by atoms with E-state index in [9.17, 15) is 9.59 Å². The number of carbonyl (C=O) groups is 2. The predicted molar refractivity (Wildman–Crippen MR) is 220 cm³/mol. The van der Waals surface area contributed by atoms with Crippen molar-refractivity contribution in [1.29, 1.82) is 0 Å². The molecule has 0 radical (unpaired) electrons. The first-order valence-electron chi connectivity index (χ1n) is 21.9. The van der Waals surface area contributed by atoms with Crippen molar-refractivity contribution >= 4 is 17.5 Å². The molecule has 5 unspecified atom stereocenters. The van der Waals surface area contributed by atoms with Gasteiger partial charge in [0.1, 0.15) is 5.82 Å².